The topological polar surface area (TPSA) is 56.6 Å². The molecule has 0 N–H and O–H groups in total. The minimum absolute atomic E-state index is 0.107. The Labute approximate surface area is 181 Å². The number of nitrogens with zero attached hydrogens (tertiary/aromatic N) is 3. The van der Waals surface area contributed by atoms with Crippen molar-refractivity contribution in [2.24, 2.45) is 0 Å². The number of thioether (sulfide) groups is 1. The fourth-order valence-corrected chi connectivity index (χ4v) is 4.31. The van der Waals surface area contributed by atoms with Crippen LogP contribution in [0.4, 0.5) is 0 Å². The van der Waals surface area contributed by atoms with Gasteiger partial charge in [-0.3, -0.25) is 4.79 Å². The Kier molecular flexibility index (Phi) is 6.92. The van der Waals surface area contributed by atoms with Crippen molar-refractivity contribution in [1.82, 2.24) is 14.5 Å². The minimum atomic E-state index is 0.107. The second-order valence-electron chi connectivity index (χ2n) is 7.16. The number of para-hydroxylation sites is 2. The monoisotopic (exact) mass is 425 g/mol. The van der Waals surface area contributed by atoms with Gasteiger partial charge in [0.2, 0.25) is 5.91 Å². The van der Waals surface area contributed by atoms with Gasteiger partial charge in [-0.1, -0.05) is 43.0 Å². The maximum atomic E-state index is 12.8. The zero-order valence-electron chi connectivity index (χ0n) is 17.3. The van der Waals surface area contributed by atoms with Crippen LogP contribution in [0.5, 0.6) is 5.75 Å². The van der Waals surface area contributed by atoms with Gasteiger partial charge in [0.05, 0.1) is 30.9 Å². The second-order valence-corrected chi connectivity index (χ2v) is 8.22. The van der Waals surface area contributed by atoms with Crippen LogP contribution >= 0.6 is 11.8 Å². The minimum Gasteiger partial charge on any atom is -0.493 e. The zero-order valence-corrected chi connectivity index (χ0v) is 18.1. The molecule has 0 radical (unpaired) electrons. The first-order chi connectivity index (χ1) is 14.7. The highest BCUT2D eigenvalue weighted by atomic mass is 32.2. The molecule has 0 atom stereocenters. The van der Waals surface area contributed by atoms with Crippen LogP contribution in [0, 0.1) is 0 Å². The molecule has 1 amide bonds. The van der Waals surface area contributed by atoms with Crippen molar-refractivity contribution >= 4 is 28.7 Å². The molecule has 1 aliphatic heterocycles. The molecular formula is C23H27N3O3S. The molecule has 0 unspecified atom stereocenters. The summed E-state index contributed by atoms with van der Waals surface area (Å²) < 4.78 is 13.3. The van der Waals surface area contributed by atoms with Gasteiger partial charge in [-0.25, -0.2) is 4.98 Å². The van der Waals surface area contributed by atoms with E-state index in [-0.39, 0.29) is 5.91 Å². The van der Waals surface area contributed by atoms with Gasteiger partial charge >= 0.3 is 0 Å². The number of benzene rings is 2. The van der Waals surface area contributed by atoms with Crippen LogP contribution < -0.4 is 4.74 Å². The van der Waals surface area contributed by atoms with Crippen LogP contribution in [0.1, 0.15) is 12.5 Å². The number of morpholine rings is 1. The Morgan fingerprint density at radius 1 is 1.13 bits per heavy atom. The molecule has 0 saturated carbocycles. The number of carbonyl (C=O) groups is 1. The highest BCUT2D eigenvalue weighted by Crippen LogP contribution is 2.24. The number of carbonyl (C=O) groups excluding carboxylic acids is 1. The van der Waals surface area contributed by atoms with Crippen molar-refractivity contribution < 1.29 is 14.3 Å². The molecular weight excluding hydrogens is 398 g/mol. The molecule has 0 spiro atoms. The highest BCUT2D eigenvalue weighted by molar-refractivity contribution is 7.99. The molecule has 0 bridgehead atoms. The molecule has 1 saturated heterocycles. The van der Waals surface area contributed by atoms with Crippen molar-refractivity contribution in [3.63, 3.8) is 0 Å². The molecule has 0 aliphatic carbocycles. The third-order valence-electron chi connectivity index (χ3n) is 5.19. The average Bonchev–Trinajstić information content (AvgIpc) is 3.15. The first kappa shape index (κ1) is 20.8. The normalized spacial score (nSPS) is 14.2. The predicted molar refractivity (Wildman–Crippen MR) is 119 cm³/mol. The summed E-state index contributed by atoms with van der Waals surface area (Å²) in [6.45, 7) is 5.53. The van der Waals surface area contributed by atoms with E-state index in [9.17, 15) is 4.79 Å². The van der Waals surface area contributed by atoms with Crippen LogP contribution in [0.25, 0.3) is 11.0 Å². The molecule has 2 heterocycles. The molecule has 6 nitrogen and oxygen atoms in total. The molecule has 1 aromatic heterocycles. The van der Waals surface area contributed by atoms with Crippen molar-refractivity contribution in [2.45, 2.75) is 25.0 Å². The molecule has 1 aliphatic rings. The average molecular weight is 426 g/mol. The van der Waals surface area contributed by atoms with Crippen molar-refractivity contribution in [1.29, 1.82) is 0 Å². The highest BCUT2D eigenvalue weighted by Gasteiger charge is 2.20. The van der Waals surface area contributed by atoms with Crippen LogP contribution in [-0.4, -0.2) is 59.0 Å². The summed E-state index contributed by atoms with van der Waals surface area (Å²) in [6, 6.07) is 16.2. The summed E-state index contributed by atoms with van der Waals surface area (Å²) in [5, 5.41) is 0.850. The number of hydrogen-bond acceptors (Lipinski definition) is 5. The van der Waals surface area contributed by atoms with E-state index in [2.05, 4.69) is 19.1 Å². The van der Waals surface area contributed by atoms with Gasteiger partial charge in [-0.05, 0) is 36.2 Å². The number of amides is 1. The Balaban J connectivity index is 1.41. The SMILES string of the molecule is CCc1ccc(OCCSc2nc3ccccc3n2CC(=O)N2CCOCC2)cc1. The van der Waals surface area contributed by atoms with Crippen molar-refractivity contribution in [3.8, 4) is 5.75 Å². The molecule has 4 rings (SSSR count). The standard InChI is InChI=1S/C23H27N3O3S/c1-2-18-7-9-19(10-8-18)29-15-16-30-23-24-20-5-3-4-6-21(20)26(23)17-22(27)25-11-13-28-14-12-25/h3-10H,2,11-17H2,1H3. The van der Waals surface area contributed by atoms with Crippen LogP contribution in [0.3, 0.4) is 0 Å². The zero-order chi connectivity index (χ0) is 20.8. The van der Waals surface area contributed by atoms with Gasteiger partial charge in [0.1, 0.15) is 12.3 Å². The lowest BCUT2D eigenvalue weighted by Gasteiger charge is -2.27. The summed E-state index contributed by atoms with van der Waals surface area (Å²) in [5.41, 5.74) is 3.19. The fraction of sp³-hybridized carbons (Fsp3) is 0.391. The lowest BCUT2D eigenvalue weighted by atomic mass is 10.2. The first-order valence-corrected chi connectivity index (χ1v) is 11.4. The quantitative estimate of drug-likeness (QED) is 0.408. The molecule has 158 valence electrons. The van der Waals surface area contributed by atoms with Gasteiger partial charge < -0.3 is 18.9 Å². The van der Waals surface area contributed by atoms with Crippen molar-refractivity contribution in [3.05, 3.63) is 54.1 Å². The molecule has 2 aromatic carbocycles. The smallest absolute Gasteiger partial charge is 0.242 e. The second kappa shape index (κ2) is 10.00. The van der Waals surface area contributed by atoms with E-state index >= 15 is 0 Å². The maximum Gasteiger partial charge on any atom is 0.242 e. The summed E-state index contributed by atoms with van der Waals surface area (Å²) in [4.78, 5) is 19.4. The first-order valence-electron chi connectivity index (χ1n) is 10.4. The largest absolute Gasteiger partial charge is 0.493 e. The number of ether oxygens (including phenoxy) is 2. The molecule has 3 aromatic rings. The Hall–Kier alpha value is -2.51. The molecule has 1 fully saturated rings. The molecule has 7 heteroatoms. The van der Waals surface area contributed by atoms with E-state index < -0.39 is 0 Å². The summed E-state index contributed by atoms with van der Waals surface area (Å²) >= 11 is 1.62. The Bertz CT molecular complexity index is 981. The number of aryl methyl sites for hydroxylation is 1. The van der Waals surface area contributed by atoms with E-state index in [1.54, 1.807) is 11.8 Å². The van der Waals surface area contributed by atoms with E-state index in [1.807, 2.05) is 45.9 Å². The predicted octanol–water partition coefficient (Wildman–Crippen LogP) is 3.63. The van der Waals surface area contributed by atoms with Crippen LogP contribution in [-0.2, 0) is 22.5 Å². The summed E-state index contributed by atoms with van der Waals surface area (Å²) in [7, 11) is 0. The van der Waals surface area contributed by atoms with Crippen LogP contribution in [0.2, 0.25) is 0 Å². The summed E-state index contributed by atoms with van der Waals surface area (Å²) in [5.74, 6) is 1.74. The van der Waals surface area contributed by atoms with Gasteiger partial charge in [0.15, 0.2) is 5.16 Å². The Morgan fingerprint density at radius 3 is 2.67 bits per heavy atom. The van der Waals surface area contributed by atoms with E-state index in [0.717, 1.165) is 34.1 Å². The number of imidazole rings is 1. The van der Waals surface area contributed by atoms with E-state index in [4.69, 9.17) is 14.5 Å². The number of rotatable bonds is 8. The lowest BCUT2D eigenvalue weighted by molar-refractivity contribution is -0.135. The Morgan fingerprint density at radius 2 is 1.90 bits per heavy atom. The number of fused-ring (bicyclic) bond motifs is 1. The number of aromatic nitrogens is 2. The fourth-order valence-electron chi connectivity index (χ4n) is 3.48. The van der Waals surface area contributed by atoms with Gasteiger partial charge in [0, 0.05) is 18.8 Å². The van der Waals surface area contributed by atoms with E-state index in [1.165, 1.54) is 5.56 Å². The van der Waals surface area contributed by atoms with Gasteiger partial charge in [-0.2, -0.15) is 0 Å². The summed E-state index contributed by atoms with van der Waals surface area (Å²) in [6.07, 6.45) is 1.02. The van der Waals surface area contributed by atoms with Gasteiger partial charge in [-0.15, -0.1) is 0 Å². The lowest BCUT2D eigenvalue weighted by Crippen LogP contribution is -2.42. The maximum absolute atomic E-state index is 12.8. The molecule has 30 heavy (non-hydrogen) atoms. The van der Waals surface area contributed by atoms with E-state index in [0.29, 0.717) is 39.5 Å². The van der Waals surface area contributed by atoms with Gasteiger partial charge in [0.25, 0.3) is 0 Å². The van der Waals surface area contributed by atoms with Crippen molar-refractivity contribution in [2.75, 3.05) is 38.7 Å². The van der Waals surface area contributed by atoms with Crippen LogP contribution in [0.15, 0.2) is 53.7 Å². The number of hydrogen-bond donors (Lipinski definition) is 0. The third-order valence-corrected chi connectivity index (χ3v) is 6.13. The third kappa shape index (κ3) is 4.96.